The van der Waals surface area contributed by atoms with Crippen LogP contribution in [0.2, 0.25) is 0 Å². The highest BCUT2D eigenvalue weighted by molar-refractivity contribution is 5.87. The Morgan fingerprint density at radius 1 is 1.19 bits per heavy atom. The highest BCUT2D eigenvalue weighted by atomic mass is 16.4. The number of aliphatic hydroxyl groups is 1. The molecule has 0 aliphatic heterocycles. The standard InChI is InChI=1S/C17H25NO3/c19-11-10-16(14-4-2-1-3-5-14)18-12-13-6-8-15(9-7-13)17(20)21/h6-9,14,16,18-19H,1-5,10-12H2,(H,20,21). The third-order valence-corrected chi connectivity index (χ3v) is 4.43. The van der Waals surface area contributed by atoms with E-state index >= 15 is 0 Å². The van der Waals surface area contributed by atoms with Crippen molar-refractivity contribution in [2.24, 2.45) is 5.92 Å². The average molecular weight is 291 g/mol. The zero-order chi connectivity index (χ0) is 15.1. The lowest BCUT2D eigenvalue weighted by molar-refractivity contribution is 0.0697. The van der Waals surface area contributed by atoms with Crippen molar-refractivity contribution in [1.29, 1.82) is 0 Å². The van der Waals surface area contributed by atoms with Crippen LogP contribution in [-0.2, 0) is 6.54 Å². The van der Waals surface area contributed by atoms with Crippen molar-refractivity contribution in [3.8, 4) is 0 Å². The van der Waals surface area contributed by atoms with Gasteiger partial charge in [0.15, 0.2) is 0 Å². The van der Waals surface area contributed by atoms with Crippen LogP contribution in [0.3, 0.4) is 0 Å². The van der Waals surface area contributed by atoms with E-state index in [9.17, 15) is 9.90 Å². The second kappa shape index (κ2) is 8.15. The van der Waals surface area contributed by atoms with E-state index < -0.39 is 5.97 Å². The Labute approximate surface area is 126 Å². The molecule has 3 N–H and O–H groups in total. The van der Waals surface area contributed by atoms with Crippen molar-refractivity contribution >= 4 is 5.97 Å². The normalized spacial score (nSPS) is 17.6. The minimum absolute atomic E-state index is 0.214. The van der Waals surface area contributed by atoms with Crippen LogP contribution >= 0.6 is 0 Å². The third kappa shape index (κ3) is 4.83. The summed E-state index contributed by atoms with van der Waals surface area (Å²) in [5, 5.41) is 21.7. The number of hydrogen-bond acceptors (Lipinski definition) is 3. The van der Waals surface area contributed by atoms with Gasteiger partial charge in [-0.3, -0.25) is 0 Å². The largest absolute Gasteiger partial charge is 0.478 e. The first kappa shape index (κ1) is 16.0. The van der Waals surface area contributed by atoms with Gasteiger partial charge in [-0.25, -0.2) is 4.79 Å². The molecule has 0 spiro atoms. The number of hydrogen-bond donors (Lipinski definition) is 3. The summed E-state index contributed by atoms with van der Waals surface area (Å²) >= 11 is 0. The monoisotopic (exact) mass is 291 g/mol. The van der Waals surface area contributed by atoms with Crippen molar-refractivity contribution in [2.45, 2.75) is 51.1 Å². The molecule has 1 fully saturated rings. The number of aromatic carboxylic acids is 1. The summed E-state index contributed by atoms with van der Waals surface area (Å²) in [6.45, 7) is 0.938. The number of nitrogens with one attached hydrogen (secondary N) is 1. The molecular weight excluding hydrogens is 266 g/mol. The molecule has 1 atom stereocenters. The summed E-state index contributed by atoms with van der Waals surface area (Å²) in [7, 11) is 0. The fraction of sp³-hybridized carbons (Fsp3) is 0.588. The summed E-state index contributed by atoms with van der Waals surface area (Å²) in [6.07, 6.45) is 7.20. The first-order chi connectivity index (χ1) is 10.2. The van der Waals surface area contributed by atoms with Gasteiger partial charge in [0.2, 0.25) is 0 Å². The molecular formula is C17H25NO3. The Kier molecular flexibility index (Phi) is 6.21. The maximum atomic E-state index is 10.8. The van der Waals surface area contributed by atoms with E-state index in [2.05, 4.69) is 5.32 Å². The number of rotatable bonds is 7. The van der Waals surface area contributed by atoms with E-state index in [0.29, 0.717) is 17.5 Å². The fourth-order valence-electron chi connectivity index (χ4n) is 3.19. The zero-order valence-electron chi connectivity index (χ0n) is 12.4. The van der Waals surface area contributed by atoms with Crippen LogP contribution in [-0.4, -0.2) is 28.8 Å². The van der Waals surface area contributed by atoms with Gasteiger partial charge in [-0.05, 0) is 42.9 Å². The molecule has 4 heteroatoms. The second-order valence-corrected chi connectivity index (χ2v) is 5.90. The van der Waals surface area contributed by atoms with Crippen LogP contribution in [0, 0.1) is 5.92 Å². The molecule has 4 nitrogen and oxygen atoms in total. The first-order valence-corrected chi connectivity index (χ1v) is 7.87. The van der Waals surface area contributed by atoms with Crippen molar-refractivity contribution in [1.82, 2.24) is 5.32 Å². The molecule has 1 aromatic rings. The lowest BCUT2D eigenvalue weighted by Crippen LogP contribution is -2.37. The van der Waals surface area contributed by atoms with Crippen LogP contribution in [0.4, 0.5) is 0 Å². The number of benzene rings is 1. The van der Waals surface area contributed by atoms with Gasteiger partial charge in [0, 0.05) is 19.2 Å². The van der Waals surface area contributed by atoms with Crippen molar-refractivity contribution < 1.29 is 15.0 Å². The maximum absolute atomic E-state index is 10.8. The quantitative estimate of drug-likeness (QED) is 0.722. The Morgan fingerprint density at radius 3 is 2.43 bits per heavy atom. The van der Waals surface area contributed by atoms with Gasteiger partial charge >= 0.3 is 5.97 Å². The summed E-state index contributed by atoms with van der Waals surface area (Å²) in [5.41, 5.74) is 1.40. The average Bonchev–Trinajstić information content (AvgIpc) is 2.52. The van der Waals surface area contributed by atoms with Crippen LogP contribution in [0.5, 0.6) is 0 Å². The molecule has 0 heterocycles. The number of carboxylic acids is 1. The van der Waals surface area contributed by atoms with Gasteiger partial charge in [0.1, 0.15) is 0 Å². The molecule has 1 unspecified atom stereocenters. The van der Waals surface area contributed by atoms with Gasteiger partial charge in [0.25, 0.3) is 0 Å². The molecule has 0 amide bonds. The van der Waals surface area contributed by atoms with E-state index in [0.717, 1.165) is 18.5 Å². The van der Waals surface area contributed by atoms with Crippen molar-refractivity contribution in [3.05, 3.63) is 35.4 Å². The molecule has 1 aromatic carbocycles. The van der Waals surface area contributed by atoms with E-state index in [1.807, 2.05) is 12.1 Å². The van der Waals surface area contributed by atoms with Gasteiger partial charge in [-0.1, -0.05) is 31.4 Å². The molecule has 1 aliphatic rings. The number of aliphatic hydroxyl groups excluding tert-OH is 1. The lowest BCUT2D eigenvalue weighted by Gasteiger charge is -2.31. The maximum Gasteiger partial charge on any atom is 0.335 e. The Hall–Kier alpha value is -1.39. The fourth-order valence-corrected chi connectivity index (χ4v) is 3.19. The molecule has 0 bridgehead atoms. The van der Waals surface area contributed by atoms with E-state index in [-0.39, 0.29) is 6.61 Å². The topological polar surface area (TPSA) is 69.6 Å². The highest BCUT2D eigenvalue weighted by Gasteiger charge is 2.22. The Morgan fingerprint density at radius 2 is 1.86 bits per heavy atom. The van der Waals surface area contributed by atoms with E-state index in [1.165, 1.54) is 32.1 Å². The van der Waals surface area contributed by atoms with Crippen LogP contribution in [0.15, 0.2) is 24.3 Å². The lowest BCUT2D eigenvalue weighted by atomic mass is 9.82. The summed E-state index contributed by atoms with van der Waals surface area (Å²) in [6, 6.07) is 7.34. The first-order valence-electron chi connectivity index (χ1n) is 7.87. The van der Waals surface area contributed by atoms with E-state index in [4.69, 9.17) is 5.11 Å². The molecule has 21 heavy (non-hydrogen) atoms. The Bertz CT molecular complexity index is 438. The summed E-state index contributed by atoms with van der Waals surface area (Å²) < 4.78 is 0. The molecule has 0 aromatic heterocycles. The van der Waals surface area contributed by atoms with Gasteiger partial charge in [0.05, 0.1) is 5.56 Å². The van der Waals surface area contributed by atoms with Gasteiger partial charge < -0.3 is 15.5 Å². The smallest absolute Gasteiger partial charge is 0.335 e. The van der Waals surface area contributed by atoms with Crippen molar-refractivity contribution in [2.75, 3.05) is 6.61 Å². The number of carbonyl (C=O) groups is 1. The number of carboxylic acid groups (broad SMARTS) is 1. The van der Waals surface area contributed by atoms with Crippen LogP contribution in [0.25, 0.3) is 0 Å². The summed E-state index contributed by atoms with van der Waals surface area (Å²) in [5.74, 6) is -0.237. The zero-order valence-corrected chi connectivity index (χ0v) is 12.4. The molecule has 116 valence electrons. The molecule has 2 rings (SSSR count). The molecule has 1 saturated carbocycles. The third-order valence-electron chi connectivity index (χ3n) is 4.43. The van der Waals surface area contributed by atoms with Gasteiger partial charge in [-0.15, -0.1) is 0 Å². The van der Waals surface area contributed by atoms with Gasteiger partial charge in [-0.2, -0.15) is 0 Å². The predicted molar refractivity (Wildman–Crippen MR) is 82.3 cm³/mol. The highest BCUT2D eigenvalue weighted by Crippen LogP contribution is 2.27. The predicted octanol–water partition coefficient (Wildman–Crippen LogP) is 2.81. The summed E-state index contributed by atoms with van der Waals surface area (Å²) in [4.78, 5) is 10.8. The van der Waals surface area contributed by atoms with E-state index in [1.54, 1.807) is 12.1 Å². The van der Waals surface area contributed by atoms with Crippen LogP contribution in [0.1, 0.15) is 54.4 Å². The molecule has 0 saturated heterocycles. The second-order valence-electron chi connectivity index (χ2n) is 5.90. The molecule has 0 radical (unpaired) electrons. The molecule has 1 aliphatic carbocycles. The Balaban J connectivity index is 1.89. The minimum Gasteiger partial charge on any atom is -0.478 e. The SMILES string of the molecule is O=C(O)c1ccc(CNC(CCO)C2CCCCC2)cc1. The van der Waals surface area contributed by atoms with Crippen molar-refractivity contribution in [3.63, 3.8) is 0 Å². The minimum atomic E-state index is -0.894. The van der Waals surface area contributed by atoms with Crippen LogP contribution < -0.4 is 5.32 Å².